The predicted molar refractivity (Wildman–Crippen MR) is 87.0 cm³/mol. The van der Waals surface area contributed by atoms with E-state index in [9.17, 15) is 9.59 Å². The summed E-state index contributed by atoms with van der Waals surface area (Å²) in [7, 11) is 0. The molecule has 1 aromatic heterocycles. The van der Waals surface area contributed by atoms with Gasteiger partial charge >= 0.3 is 12.1 Å². The van der Waals surface area contributed by atoms with Gasteiger partial charge in [-0.3, -0.25) is 0 Å². The van der Waals surface area contributed by atoms with E-state index >= 15 is 0 Å². The van der Waals surface area contributed by atoms with Crippen molar-refractivity contribution in [3.63, 3.8) is 0 Å². The van der Waals surface area contributed by atoms with Gasteiger partial charge in [-0.25, -0.2) is 14.3 Å². The molecule has 9 heteroatoms. The van der Waals surface area contributed by atoms with Crippen LogP contribution in [0.2, 0.25) is 0 Å². The van der Waals surface area contributed by atoms with Crippen molar-refractivity contribution in [1.82, 2.24) is 19.9 Å². The lowest BCUT2D eigenvalue weighted by Crippen LogP contribution is -2.42. The lowest BCUT2D eigenvalue weighted by Gasteiger charge is -2.33. The van der Waals surface area contributed by atoms with Crippen LogP contribution in [-0.4, -0.2) is 56.7 Å². The van der Waals surface area contributed by atoms with E-state index in [0.29, 0.717) is 31.6 Å². The van der Waals surface area contributed by atoms with E-state index in [0.717, 1.165) is 0 Å². The molecule has 0 spiro atoms. The molecule has 0 radical (unpaired) electrons. The van der Waals surface area contributed by atoms with Crippen molar-refractivity contribution in [2.75, 3.05) is 19.2 Å². The molecule has 1 fully saturated rings. The highest BCUT2D eigenvalue weighted by molar-refractivity contribution is 6.17. The van der Waals surface area contributed by atoms with Crippen molar-refractivity contribution in [3.8, 4) is 0 Å². The number of hydrogen-bond donors (Lipinski definition) is 0. The lowest BCUT2D eigenvalue weighted by molar-refractivity contribution is 0.0183. The molecular formula is C15H23ClN4O4. The number of likely N-dealkylation sites (tertiary alicyclic amines) is 1. The van der Waals surface area contributed by atoms with Crippen molar-refractivity contribution in [3.05, 3.63) is 11.4 Å². The van der Waals surface area contributed by atoms with Crippen LogP contribution in [0.4, 0.5) is 4.79 Å². The molecule has 2 heterocycles. The first-order valence-corrected chi connectivity index (χ1v) is 8.39. The van der Waals surface area contributed by atoms with Gasteiger partial charge in [-0.15, -0.1) is 5.10 Å². The standard InChI is InChI=1S/C15H23ClN4O4/c1-10-12(13(21)23-9-16)17-18-20(10)11-5-7-19(8-6-11)14(22)24-15(2,3)4/h11H,5-9H2,1-4H3. The topological polar surface area (TPSA) is 86.5 Å². The fourth-order valence-electron chi connectivity index (χ4n) is 2.61. The van der Waals surface area contributed by atoms with E-state index < -0.39 is 11.6 Å². The van der Waals surface area contributed by atoms with Crippen LogP contribution in [0, 0.1) is 6.92 Å². The number of rotatable bonds is 3. The van der Waals surface area contributed by atoms with Gasteiger partial charge in [-0.05, 0) is 40.5 Å². The first kappa shape index (κ1) is 18.5. The Hall–Kier alpha value is -1.83. The molecule has 2 rings (SSSR count). The van der Waals surface area contributed by atoms with E-state index in [1.54, 1.807) is 16.5 Å². The van der Waals surface area contributed by atoms with Gasteiger partial charge in [-0.2, -0.15) is 0 Å². The quantitative estimate of drug-likeness (QED) is 0.609. The second-order valence-electron chi connectivity index (χ2n) is 6.71. The van der Waals surface area contributed by atoms with Gasteiger partial charge in [0.1, 0.15) is 5.60 Å². The molecule has 0 aliphatic carbocycles. The molecule has 0 saturated carbocycles. The van der Waals surface area contributed by atoms with Crippen molar-refractivity contribution >= 4 is 23.7 Å². The minimum absolute atomic E-state index is 0.0775. The Morgan fingerprint density at radius 2 is 1.92 bits per heavy atom. The van der Waals surface area contributed by atoms with Crippen molar-refractivity contribution in [2.45, 2.75) is 52.2 Å². The van der Waals surface area contributed by atoms with Gasteiger partial charge in [0, 0.05) is 13.1 Å². The summed E-state index contributed by atoms with van der Waals surface area (Å²) in [6.07, 6.45) is 1.13. The van der Waals surface area contributed by atoms with Crippen LogP contribution >= 0.6 is 11.6 Å². The molecule has 0 bridgehead atoms. The zero-order valence-electron chi connectivity index (χ0n) is 14.4. The number of alkyl halides is 1. The predicted octanol–water partition coefficient (Wildman–Crippen LogP) is 2.51. The summed E-state index contributed by atoms with van der Waals surface area (Å²) in [4.78, 5) is 25.5. The van der Waals surface area contributed by atoms with Gasteiger partial charge < -0.3 is 14.4 Å². The third kappa shape index (κ3) is 4.37. The Morgan fingerprint density at radius 1 is 1.29 bits per heavy atom. The molecule has 1 aliphatic rings. The lowest BCUT2D eigenvalue weighted by atomic mass is 10.1. The van der Waals surface area contributed by atoms with Gasteiger partial charge in [0.05, 0.1) is 11.7 Å². The number of carbonyl (C=O) groups excluding carboxylic acids is 2. The summed E-state index contributed by atoms with van der Waals surface area (Å²) in [5.41, 5.74) is 0.305. The van der Waals surface area contributed by atoms with E-state index in [-0.39, 0.29) is 23.9 Å². The number of piperidine rings is 1. The van der Waals surface area contributed by atoms with Gasteiger partial charge in [0.15, 0.2) is 11.8 Å². The minimum atomic E-state index is -0.583. The second kappa shape index (κ2) is 7.38. The average Bonchev–Trinajstić information content (AvgIpc) is 2.87. The fourth-order valence-corrected chi connectivity index (χ4v) is 2.71. The van der Waals surface area contributed by atoms with Crippen LogP contribution in [0.25, 0.3) is 0 Å². The van der Waals surface area contributed by atoms with E-state index in [2.05, 4.69) is 10.3 Å². The van der Waals surface area contributed by atoms with Gasteiger partial charge in [0.25, 0.3) is 0 Å². The first-order chi connectivity index (χ1) is 11.2. The number of amides is 1. The molecule has 1 amide bonds. The van der Waals surface area contributed by atoms with E-state index in [1.807, 2.05) is 20.8 Å². The molecule has 1 saturated heterocycles. The normalized spacial score (nSPS) is 16.1. The molecule has 1 aromatic rings. The SMILES string of the molecule is Cc1c(C(=O)OCCl)nnn1C1CCN(C(=O)OC(C)(C)C)CC1. The van der Waals surface area contributed by atoms with Crippen molar-refractivity contribution < 1.29 is 19.1 Å². The number of hydrogen-bond acceptors (Lipinski definition) is 6. The average molecular weight is 359 g/mol. The number of halogens is 1. The molecule has 0 unspecified atom stereocenters. The largest absolute Gasteiger partial charge is 0.445 e. The van der Waals surface area contributed by atoms with Crippen molar-refractivity contribution in [2.24, 2.45) is 0 Å². The maximum Gasteiger partial charge on any atom is 0.410 e. The molecule has 0 atom stereocenters. The molecule has 1 aliphatic heterocycles. The number of aromatic nitrogens is 3. The van der Waals surface area contributed by atoms with E-state index in [1.165, 1.54) is 0 Å². The molecule has 0 aromatic carbocycles. The summed E-state index contributed by atoms with van der Waals surface area (Å²) < 4.78 is 11.8. The maximum atomic E-state index is 12.1. The first-order valence-electron chi connectivity index (χ1n) is 7.85. The van der Waals surface area contributed by atoms with Crippen LogP contribution in [0.1, 0.15) is 55.8 Å². The number of carbonyl (C=O) groups is 2. The monoisotopic (exact) mass is 358 g/mol. The molecule has 24 heavy (non-hydrogen) atoms. The maximum absolute atomic E-state index is 12.1. The second-order valence-corrected chi connectivity index (χ2v) is 6.93. The minimum Gasteiger partial charge on any atom is -0.445 e. The Morgan fingerprint density at radius 3 is 2.46 bits per heavy atom. The molecule has 8 nitrogen and oxygen atoms in total. The number of nitrogens with zero attached hydrogens (tertiary/aromatic N) is 4. The highest BCUT2D eigenvalue weighted by atomic mass is 35.5. The third-order valence-electron chi connectivity index (χ3n) is 3.77. The summed E-state index contributed by atoms with van der Waals surface area (Å²) in [6, 6.07) is -0.145. The number of esters is 1. The van der Waals surface area contributed by atoms with E-state index in [4.69, 9.17) is 21.1 Å². The zero-order chi connectivity index (χ0) is 17.9. The highest BCUT2D eigenvalue weighted by Gasteiger charge is 2.29. The Labute approximate surface area is 146 Å². The third-order valence-corrected chi connectivity index (χ3v) is 3.88. The number of ether oxygens (including phenoxy) is 2. The van der Waals surface area contributed by atoms with Crippen LogP contribution in [0.15, 0.2) is 0 Å². The smallest absolute Gasteiger partial charge is 0.410 e. The summed E-state index contributed by atoms with van der Waals surface area (Å²) in [6.45, 7) is 8.44. The summed E-state index contributed by atoms with van der Waals surface area (Å²) >= 11 is 5.40. The Kier molecular flexibility index (Phi) is 5.69. The fraction of sp³-hybridized carbons (Fsp3) is 0.733. The zero-order valence-corrected chi connectivity index (χ0v) is 15.2. The Bertz CT molecular complexity index is 603. The molecule has 0 N–H and O–H groups in total. The van der Waals surface area contributed by atoms with Crippen LogP contribution in [0.5, 0.6) is 0 Å². The van der Waals surface area contributed by atoms with Crippen LogP contribution < -0.4 is 0 Å². The van der Waals surface area contributed by atoms with Gasteiger partial charge in [-0.1, -0.05) is 16.8 Å². The summed E-state index contributed by atoms with van der Waals surface area (Å²) in [5.74, 6) is -0.583. The Balaban J connectivity index is 1.98. The van der Waals surface area contributed by atoms with Crippen molar-refractivity contribution in [1.29, 1.82) is 0 Å². The highest BCUT2D eigenvalue weighted by Crippen LogP contribution is 2.25. The van der Waals surface area contributed by atoms with Crippen LogP contribution in [0.3, 0.4) is 0 Å². The van der Waals surface area contributed by atoms with Gasteiger partial charge in [0.2, 0.25) is 0 Å². The summed E-state index contributed by atoms with van der Waals surface area (Å²) in [5, 5.41) is 7.95. The van der Waals surface area contributed by atoms with Crippen LogP contribution in [-0.2, 0) is 9.47 Å². The molecular weight excluding hydrogens is 336 g/mol. The molecule has 134 valence electrons.